The third kappa shape index (κ3) is 3.35. The van der Waals surface area contributed by atoms with E-state index in [2.05, 4.69) is 27.3 Å². The summed E-state index contributed by atoms with van der Waals surface area (Å²) in [4.78, 5) is 0. The first-order chi connectivity index (χ1) is 10.2. The first-order valence-corrected chi connectivity index (χ1v) is 8.41. The van der Waals surface area contributed by atoms with Crippen molar-refractivity contribution in [2.45, 2.75) is 32.2 Å². The molecule has 1 aromatic rings. The fourth-order valence-corrected chi connectivity index (χ4v) is 3.86. The van der Waals surface area contributed by atoms with Gasteiger partial charge in [0.15, 0.2) is 11.5 Å². The second-order valence-corrected chi connectivity index (χ2v) is 6.92. The largest absolute Gasteiger partial charge is 0.486 e. The molecule has 1 aliphatic carbocycles. The number of halogens is 1. The van der Waals surface area contributed by atoms with E-state index in [1.807, 2.05) is 6.07 Å². The predicted octanol–water partition coefficient (Wildman–Crippen LogP) is 2.86. The minimum Gasteiger partial charge on any atom is -0.486 e. The van der Waals surface area contributed by atoms with Crippen molar-refractivity contribution in [3.05, 3.63) is 22.2 Å². The molecule has 0 bridgehead atoms. The molecule has 3 rings (SSSR count). The van der Waals surface area contributed by atoms with Gasteiger partial charge in [-0.05, 0) is 46.5 Å². The molecule has 21 heavy (non-hydrogen) atoms. The molecule has 0 amide bonds. The highest BCUT2D eigenvalue weighted by molar-refractivity contribution is 9.10. The lowest BCUT2D eigenvalue weighted by Crippen LogP contribution is -2.34. The Morgan fingerprint density at radius 1 is 1.19 bits per heavy atom. The Balaban J connectivity index is 1.61. The maximum absolute atomic E-state index is 9.63. The van der Waals surface area contributed by atoms with E-state index in [4.69, 9.17) is 9.47 Å². The molecule has 0 saturated heterocycles. The molecule has 1 heterocycles. The van der Waals surface area contributed by atoms with Crippen molar-refractivity contribution < 1.29 is 14.6 Å². The maximum atomic E-state index is 9.63. The summed E-state index contributed by atoms with van der Waals surface area (Å²) in [5.74, 6) is 1.61. The summed E-state index contributed by atoms with van der Waals surface area (Å²) in [6, 6.07) is 4.10. The molecule has 1 aromatic carbocycles. The van der Waals surface area contributed by atoms with Crippen LogP contribution in [-0.4, -0.2) is 31.5 Å². The van der Waals surface area contributed by atoms with Crippen LogP contribution in [0, 0.1) is 5.41 Å². The molecule has 0 aromatic heterocycles. The average Bonchev–Trinajstić information content (AvgIpc) is 2.97. The van der Waals surface area contributed by atoms with Gasteiger partial charge in [0.2, 0.25) is 0 Å². The smallest absolute Gasteiger partial charge is 0.175 e. The molecular formula is C16H22BrNO3. The van der Waals surface area contributed by atoms with Crippen LogP contribution in [0.25, 0.3) is 0 Å². The number of hydrogen-bond acceptors (Lipinski definition) is 4. The summed E-state index contributed by atoms with van der Waals surface area (Å²) in [6.07, 6.45) is 4.72. The van der Waals surface area contributed by atoms with E-state index in [0.29, 0.717) is 13.2 Å². The highest BCUT2D eigenvalue weighted by atomic mass is 79.9. The number of aliphatic hydroxyl groups excluding tert-OH is 1. The van der Waals surface area contributed by atoms with E-state index in [-0.39, 0.29) is 12.0 Å². The van der Waals surface area contributed by atoms with Gasteiger partial charge in [-0.25, -0.2) is 0 Å². The van der Waals surface area contributed by atoms with Crippen LogP contribution in [0.15, 0.2) is 16.6 Å². The second-order valence-electron chi connectivity index (χ2n) is 6.07. The molecule has 2 aliphatic rings. The van der Waals surface area contributed by atoms with Gasteiger partial charge in [0, 0.05) is 25.1 Å². The van der Waals surface area contributed by atoms with Crippen molar-refractivity contribution in [2.75, 3.05) is 26.4 Å². The number of benzene rings is 1. The number of fused-ring (bicyclic) bond motifs is 1. The lowest BCUT2D eigenvalue weighted by atomic mass is 9.87. The molecule has 4 nitrogen and oxygen atoms in total. The number of rotatable bonds is 5. The Morgan fingerprint density at radius 3 is 2.71 bits per heavy atom. The SMILES string of the molecule is OCC1(CNCc2cc(Br)c3c(c2)OCCO3)CCCC1. The zero-order valence-corrected chi connectivity index (χ0v) is 13.7. The lowest BCUT2D eigenvalue weighted by Gasteiger charge is -2.27. The molecular weight excluding hydrogens is 334 g/mol. The van der Waals surface area contributed by atoms with Crippen LogP contribution >= 0.6 is 15.9 Å². The molecule has 5 heteroatoms. The van der Waals surface area contributed by atoms with Crippen LogP contribution in [0.5, 0.6) is 11.5 Å². The van der Waals surface area contributed by atoms with Gasteiger partial charge in [0.1, 0.15) is 13.2 Å². The molecule has 1 fully saturated rings. The molecule has 2 N–H and O–H groups in total. The third-order valence-electron chi connectivity index (χ3n) is 4.49. The zero-order chi connectivity index (χ0) is 14.7. The molecule has 0 spiro atoms. The summed E-state index contributed by atoms with van der Waals surface area (Å²) in [5, 5.41) is 13.1. The molecule has 0 unspecified atom stereocenters. The van der Waals surface area contributed by atoms with Crippen LogP contribution in [0.3, 0.4) is 0 Å². The summed E-state index contributed by atoms with van der Waals surface area (Å²) in [5.41, 5.74) is 1.25. The monoisotopic (exact) mass is 355 g/mol. The Kier molecular flexibility index (Phi) is 4.72. The fourth-order valence-electron chi connectivity index (χ4n) is 3.25. The van der Waals surface area contributed by atoms with Gasteiger partial charge >= 0.3 is 0 Å². The van der Waals surface area contributed by atoms with Gasteiger partial charge in [0.05, 0.1) is 4.47 Å². The first-order valence-electron chi connectivity index (χ1n) is 7.62. The third-order valence-corrected chi connectivity index (χ3v) is 5.07. The fraction of sp³-hybridized carbons (Fsp3) is 0.625. The standard InChI is InChI=1S/C16H22BrNO3/c17-13-7-12(8-14-15(13)21-6-5-20-14)9-18-10-16(11-19)3-1-2-4-16/h7-8,18-19H,1-6,9-11H2. The van der Waals surface area contributed by atoms with Crippen LogP contribution in [0.1, 0.15) is 31.2 Å². The van der Waals surface area contributed by atoms with E-state index in [1.165, 1.54) is 12.8 Å². The maximum Gasteiger partial charge on any atom is 0.175 e. The average molecular weight is 356 g/mol. The van der Waals surface area contributed by atoms with Crippen molar-refractivity contribution in [3.8, 4) is 11.5 Å². The summed E-state index contributed by atoms with van der Waals surface area (Å²) < 4.78 is 12.2. The van der Waals surface area contributed by atoms with Crippen molar-refractivity contribution in [1.29, 1.82) is 0 Å². The number of hydrogen-bond donors (Lipinski definition) is 2. The minimum absolute atomic E-state index is 0.0883. The summed E-state index contributed by atoms with van der Waals surface area (Å²) >= 11 is 3.54. The van der Waals surface area contributed by atoms with E-state index >= 15 is 0 Å². The minimum atomic E-state index is 0.0883. The van der Waals surface area contributed by atoms with E-state index in [0.717, 1.165) is 47.5 Å². The lowest BCUT2D eigenvalue weighted by molar-refractivity contribution is 0.128. The Morgan fingerprint density at radius 2 is 1.95 bits per heavy atom. The van der Waals surface area contributed by atoms with Crippen molar-refractivity contribution in [3.63, 3.8) is 0 Å². The van der Waals surface area contributed by atoms with Gasteiger partial charge in [-0.1, -0.05) is 12.8 Å². The van der Waals surface area contributed by atoms with Crippen LogP contribution in [-0.2, 0) is 6.54 Å². The second kappa shape index (κ2) is 6.55. The molecule has 1 saturated carbocycles. The van der Waals surface area contributed by atoms with Crippen molar-refractivity contribution in [2.24, 2.45) is 5.41 Å². The Hall–Kier alpha value is -0.780. The molecule has 1 aliphatic heterocycles. The van der Waals surface area contributed by atoms with E-state index in [9.17, 15) is 5.11 Å². The van der Waals surface area contributed by atoms with Gasteiger partial charge in [0.25, 0.3) is 0 Å². The van der Waals surface area contributed by atoms with E-state index in [1.54, 1.807) is 0 Å². The van der Waals surface area contributed by atoms with Crippen LogP contribution in [0.2, 0.25) is 0 Å². The van der Waals surface area contributed by atoms with Crippen molar-refractivity contribution >= 4 is 15.9 Å². The van der Waals surface area contributed by atoms with Gasteiger partial charge in [-0.2, -0.15) is 0 Å². The number of aliphatic hydroxyl groups is 1. The summed E-state index contributed by atoms with van der Waals surface area (Å²) in [7, 11) is 0. The highest BCUT2D eigenvalue weighted by Gasteiger charge is 2.32. The topological polar surface area (TPSA) is 50.7 Å². The quantitative estimate of drug-likeness (QED) is 0.852. The molecule has 0 radical (unpaired) electrons. The van der Waals surface area contributed by atoms with Gasteiger partial charge < -0.3 is 19.9 Å². The zero-order valence-electron chi connectivity index (χ0n) is 12.2. The molecule has 0 atom stereocenters. The number of ether oxygens (including phenoxy) is 2. The van der Waals surface area contributed by atoms with Crippen molar-refractivity contribution in [1.82, 2.24) is 5.32 Å². The highest BCUT2D eigenvalue weighted by Crippen LogP contribution is 2.39. The normalized spacial score (nSPS) is 19.7. The van der Waals surface area contributed by atoms with Crippen LogP contribution in [0.4, 0.5) is 0 Å². The van der Waals surface area contributed by atoms with Crippen LogP contribution < -0.4 is 14.8 Å². The summed E-state index contributed by atoms with van der Waals surface area (Å²) in [6.45, 7) is 3.13. The Labute approximate surface area is 134 Å². The predicted molar refractivity (Wildman–Crippen MR) is 84.8 cm³/mol. The Bertz CT molecular complexity index is 501. The first kappa shape index (κ1) is 15.1. The van der Waals surface area contributed by atoms with E-state index < -0.39 is 0 Å². The van der Waals surface area contributed by atoms with Gasteiger partial charge in [-0.3, -0.25) is 0 Å². The number of nitrogens with one attached hydrogen (secondary N) is 1. The molecule has 116 valence electrons. The van der Waals surface area contributed by atoms with Gasteiger partial charge in [-0.15, -0.1) is 0 Å².